The summed E-state index contributed by atoms with van der Waals surface area (Å²) in [5.74, 6) is 1.42. The van der Waals surface area contributed by atoms with Crippen molar-refractivity contribution in [2.45, 2.75) is 32.1 Å². The molecule has 0 saturated carbocycles. The summed E-state index contributed by atoms with van der Waals surface area (Å²) in [6, 6.07) is 7.08. The molecule has 1 amide bonds. The molecule has 1 aromatic rings. The number of ether oxygens (including phenoxy) is 1. The largest absolute Gasteiger partial charge is 0.497 e. The van der Waals surface area contributed by atoms with E-state index in [1.807, 2.05) is 0 Å². The normalized spacial score (nSPS) is 15.6. The molecule has 1 heterocycles. The van der Waals surface area contributed by atoms with Crippen molar-refractivity contribution >= 4 is 11.9 Å². The summed E-state index contributed by atoms with van der Waals surface area (Å²) in [4.78, 5) is 18.9. The number of nitrogens with one attached hydrogen (secondary N) is 3. The van der Waals surface area contributed by atoms with E-state index in [-0.39, 0.29) is 5.91 Å². The van der Waals surface area contributed by atoms with Crippen LogP contribution in [-0.4, -0.2) is 70.2 Å². The van der Waals surface area contributed by atoms with Crippen LogP contribution in [0.3, 0.4) is 0 Å². The number of carbonyl (C=O) groups is 1. The van der Waals surface area contributed by atoms with Crippen molar-refractivity contribution in [1.29, 1.82) is 0 Å². The summed E-state index contributed by atoms with van der Waals surface area (Å²) < 4.78 is 5.10. The molecule has 7 heteroatoms. The van der Waals surface area contributed by atoms with Crippen LogP contribution in [-0.2, 0) is 0 Å². The van der Waals surface area contributed by atoms with Gasteiger partial charge in [-0.15, -0.1) is 0 Å². The van der Waals surface area contributed by atoms with Crippen LogP contribution in [0.1, 0.15) is 42.5 Å². The fraction of sp³-hybridized carbons (Fsp3) is 0.619. The molecule has 1 fully saturated rings. The maximum atomic E-state index is 12.1. The average molecular weight is 390 g/mol. The third kappa shape index (κ3) is 8.17. The molecule has 3 N–H and O–H groups in total. The molecule has 0 aliphatic carbocycles. The number of carbonyl (C=O) groups excluding carboxylic acids is 1. The predicted molar refractivity (Wildman–Crippen MR) is 114 cm³/mol. The minimum absolute atomic E-state index is 0.0927. The maximum absolute atomic E-state index is 12.1. The average Bonchev–Trinajstić information content (AvgIpc) is 3.01. The molecule has 0 bridgehead atoms. The van der Waals surface area contributed by atoms with E-state index in [1.54, 1.807) is 38.4 Å². The van der Waals surface area contributed by atoms with Crippen LogP contribution < -0.4 is 20.7 Å². The van der Waals surface area contributed by atoms with Gasteiger partial charge in [0.05, 0.1) is 7.11 Å². The van der Waals surface area contributed by atoms with Crippen LogP contribution in [0.25, 0.3) is 0 Å². The van der Waals surface area contributed by atoms with E-state index in [1.165, 1.54) is 38.8 Å². The smallest absolute Gasteiger partial charge is 0.251 e. The van der Waals surface area contributed by atoms with E-state index in [0.717, 1.165) is 31.2 Å². The van der Waals surface area contributed by atoms with Crippen molar-refractivity contribution in [1.82, 2.24) is 20.9 Å². The van der Waals surface area contributed by atoms with Crippen LogP contribution in [0.5, 0.6) is 5.75 Å². The number of rotatable bonds is 9. The summed E-state index contributed by atoms with van der Waals surface area (Å²) in [6.07, 6.45) is 6.52. The zero-order valence-electron chi connectivity index (χ0n) is 17.3. The highest BCUT2D eigenvalue weighted by Crippen LogP contribution is 2.11. The molecule has 28 heavy (non-hydrogen) atoms. The molecule has 0 unspecified atom stereocenters. The first-order valence-corrected chi connectivity index (χ1v) is 10.3. The Morgan fingerprint density at radius 1 is 1.00 bits per heavy atom. The van der Waals surface area contributed by atoms with Crippen molar-refractivity contribution in [2.24, 2.45) is 4.99 Å². The Labute approximate surface area is 168 Å². The lowest BCUT2D eigenvalue weighted by molar-refractivity contribution is 0.0954. The first-order chi connectivity index (χ1) is 13.7. The summed E-state index contributed by atoms with van der Waals surface area (Å²) in [6.45, 7) is 5.66. The molecular weight excluding hydrogens is 354 g/mol. The summed E-state index contributed by atoms with van der Waals surface area (Å²) in [5.41, 5.74) is 0.622. The van der Waals surface area contributed by atoms with Crippen LogP contribution in [0.2, 0.25) is 0 Å². The number of nitrogens with zero attached hydrogens (tertiary/aromatic N) is 2. The number of amides is 1. The Morgan fingerprint density at radius 3 is 2.29 bits per heavy atom. The van der Waals surface area contributed by atoms with Gasteiger partial charge >= 0.3 is 0 Å². The van der Waals surface area contributed by atoms with Crippen molar-refractivity contribution < 1.29 is 9.53 Å². The van der Waals surface area contributed by atoms with Crippen molar-refractivity contribution in [3.8, 4) is 5.75 Å². The lowest BCUT2D eigenvalue weighted by Crippen LogP contribution is -2.42. The highest BCUT2D eigenvalue weighted by atomic mass is 16.5. The minimum Gasteiger partial charge on any atom is -0.497 e. The molecule has 0 radical (unpaired) electrons. The summed E-state index contributed by atoms with van der Waals surface area (Å²) in [7, 11) is 3.37. The van der Waals surface area contributed by atoms with Crippen molar-refractivity contribution in [3.63, 3.8) is 0 Å². The molecule has 0 spiro atoms. The third-order valence-electron chi connectivity index (χ3n) is 4.92. The van der Waals surface area contributed by atoms with E-state index in [2.05, 4.69) is 25.8 Å². The van der Waals surface area contributed by atoms with Crippen LogP contribution in [0, 0.1) is 0 Å². The number of likely N-dealkylation sites (tertiary alicyclic amines) is 1. The van der Waals surface area contributed by atoms with Gasteiger partial charge in [-0.2, -0.15) is 0 Å². The highest BCUT2D eigenvalue weighted by Gasteiger charge is 2.08. The SMILES string of the molecule is CN=C(NCCCN1CCCCCC1)NCCNC(=O)c1ccc(OC)cc1. The molecule has 1 aromatic carbocycles. The van der Waals surface area contributed by atoms with Crippen molar-refractivity contribution in [2.75, 3.05) is 53.4 Å². The van der Waals surface area contributed by atoms with Gasteiger partial charge in [0.25, 0.3) is 5.91 Å². The number of aliphatic imine (C=N–C) groups is 1. The van der Waals surface area contributed by atoms with Gasteiger partial charge in [-0.1, -0.05) is 12.8 Å². The molecular formula is C21H35N5O2. The number of benzene rings is 1. The third-order valence-corrected chi connectivity index (χ3v) is 4.92. The molecule has 1 aliphatic rings. The van der Waals surface area contributed by atoms with E-state index >= 15 is 0 Å². The zero-order chi connectivity index (χ0) is 20.0. The Kier molecular flexibility index (Phi) is 10.2. The Bertz CT molecular complexity index is 595. The lowest BCUT2D eigenvalue weighted by Gasteiger charge is -2.20. The van der Waals surface area contributed by atoms with E-state index in [0.29, 0.717) is 18.7 Å². The molecule has 1 aliphatic heterocycles. The van der Waals surface area contributed by atoms with Gasteiger partial charge in [0.1, 0.15) is 5.75 Å². The molecule has 0 atom stereocenters. The highest BCUT2D eigenvalue weighted by molar-refractivity contribution is 5.94. The van der Waals surface area contributed by atoms with Crippen molar-refractivity contribution in [3.05, 3.63) is 29.8 Å². The second-order valence-electron chi connectivity index (χ2n) is 7.02. The zero-order valence-corrected chi connectivity index (χ0v) is 17.3. The van der Waals surface area contributed by atoms with Gasteiger partial charge in [-0.3, -0.25) is 9.79 Å². The van der Waals surface area contributed by atoms with Gasteiger partial charge in [-0.05, 0) is 63.2 Å². The number of methoxy groups -OCH3 is 1. The second-order valence-corrected chi connectivity index (χ2v) is 7.02. The second kappa shape index (κ2) is 13.0. The Morgan fingerprint density at radius 2 is 1.64 bits per heavy atom. The van der Waals surface area contributed by atoms with Gasteiger partial charge in [-0.25, -0.2) is 0 Å². The van der Waals surface area contributed by atoms with Gasteiger partial charge in [0, 0.05) is 32.2 Å². The van der Waals surface area contributed by atoms with Crippen LogP contribution in [0.15, 0.2) is 29.3 Å². The summed E-state index contributed by atoms with van der Waals surface area (Å²) in [5, 5.41) is 9.48. The molecule has 7 nitrogen and oxygen atoms in total. The van der Waals surface area contributed by atoms with E-state index in [9.17, 15) is 4.79 Å². The van der Waals surface area contributed by atoms with Crippen LogP contribution in [0.4, 0.5) is 0 Å². The Balaban J connectivity index is 1.56. The first-order valence-electron chi connectivity index (χ1n) is 10.3. The van der Waals surface area contributed by atoms with Crippen LogP contribution >= 0.6 is 0 Å². The molecule has 2 rings (SSSR count). The topological polar surface area (TPSA) is 78.0 Å². The molecule has 0 aromatic heterocycles. The minimum atomic E-state index is -0.0927. The van der Waals surface area contributed by atoms with E-state index in [4.69, 9.17) is 4.74 Å². The lowest BCUT2D eigenvalue weighted by atomic mass is 10.2. The van der Waals surface area contributed by atoms with Gasteiger partial charge in [0.2, 0.25) is 0 Å². The van der Waals surface area contributed by atoms with E-state index < -0.39 is 0 Å². The monoisotopic (exact) mass is 389 g/mol. The molecule has 1 saturated heterocycles. The first kappa shape index (κ1) is 22.0. The summed E-state index contributed by atoms with van der Waals surface area (Å²) >= 11 is 0. The fourth-order valence-corrected chi connectivity index (χ4v) is 3.29. The number of hydrogen-bond acceptors (Lipinski definition) is 4. The molecule has 156 valence electrons. The van der Waals surface area contributed by atoms with Gasteiger partial charge < -0.3 is 25.6 Å². The number of hydrogen-bond donors (Lipinski definition) is 3. The van der Waals surface area contributed by atoms with Gasteiger partial charge in [0.15, 0.2) is 5.96 Å². The quantitative estimate of drug-likeness (QED) is 0.341. The Hall–Kier alpha value is -2.28. The predicted octanol–water partition coefficient (Wildman–Crippen LogP) is 1.86. The number of guanidine groups is 1. The fourth-order valence-electron chi connectivity index (χ4n) is 3.29. The maximum Gasteiger partial charge on any atom is 0.251 e. The standard InChI is InChI=1S/C21H35N5O2/c1-22-21(24-12-7-17-26-15-5-3-4-6-16-26)25-14-13-23-20(27)18-8-10-19(28-2)11-9-18/h8-11H,3-7,12-17H2,1-2H3,(H,23,27)(H2,22,24,25).